The number of benzene rings is 4. The molecule has 4 aromatic carbocycles. The third-order valence-electron chi connectivity index (χ3n) is 8.58. The van der Waals surface area contributed by atoms with Gasteiger partial charge in [0.2, 0.25) is 5.41 Å². The summed E-state index contributed by atoms with van der Waals surface area (Å²) in [5.74, 6) is 0.727. The number of hydrogen-bond acceptors (Lipinski definition) is 2. The zero-order valence-electron chi connectivity index (χ0n) is 27.1. The molecule has 0 N–H and O–H groups in total. The third kappa shape index (κ3) is 7.37. The van der Waals surface area contributed by atoms with E-state index in [4.69, 9.17) is 9.47 Å². The molecule has 0 radical (unpaired) electrons. The van der Waals surface area contributed by atoms with Crippen LogP contribution in [0.1, 0.15) is 76.3 Å². The second-order valence-electron chi connectivity index (χ2n) is 13.5. The van der Waals surface area contributed by atoms with Crippen molar-refractivity contribution in [2.45, 2.75) is 83.7 Å². The zero-order chi connectivity index (χ0) is 34.1. The molecule has 46 heavy (non-hydrogen) atoms. The van der Waals surface area contributed by atoms with Crippen molar-refractivity contribution in [3.05, 3.63) is 125 Å². The molecular weight excluding hydrogens is 602 g/mol. The van der Waals surface area contributed by atoms with Gasteiger partial charge in [0.25, 0.3) is 0 Å². The van der Waals surface area contributed by atoms with Gasteiger partial charge in [-0.1, -0.05) is 95.3 Å². The van der Waals surface area contributed by atoms with Gasteiger partial charge in [-0.25, -0.2) is 0 Å². The van der Waals surface area contributed by atoms with E-state index in [1.165, 1.54) is 5.56 Å². The summed E-state index contributed by atoms with van der Waals surface area (Å²) in [5.41, 5.74) is -3.42. The molecule has 4 rings (SSSR count). The van der Waals surface area contributed by atoms with Gasteiger partial charge in [0.05, 0.1) is 0 Å². The second-order valence-corrected chi connectivity index (χ2v) is 13.5. The van der Waals surface area contributed by atoms with Crippen LogP contribution in [0.4, 0.5) is 26.3 Å². The smallest absolute Gasteiger partial charge is 0.411 e. The molecule has 0 fully saturated rings. The van der Waals surface area contributed by atoms with E-state index in [-0.39, 0.29) is 22.8 Å². The summed E-state index contributed by atoms with van der Waals surface area (Å²) in [4.78, 5) is 0. The molecule has 4 aromatic rings. The highest BCUT2D eigenvalue weighted by Crippen LogP contribution is 2.56. The SMILES string of the molecule is CC(C)C(C)(C)Oc1ccc(C(c2ccc(Oc3ccc(Cc4ccc(C(C)(C)C)cc4)cc3)cc2)(C(F)(F)F)C(F)(F)F)cc1. The van der Waals surface area contributed by atoms with Crippen molar-refractivity contribution >= 4 is 0 Å². The molecule has 0 bridgehead atoms. The molecule has 0 aliphatic heterocycles. The van der Waals surface area contributed by atoms with Gasteiger partial charge in [-0.05, 0) is 95.8 Å². The fourth-order valence-corrected chi connectivity index (χ4v) is 5.12. The number of ether oxygens (including phenoxy) is 2. The van der Waals surface area contributed by atoms with Crippen LogP contribution < -0.4 is 9.47 Å². The first kappa shape index (κ1) is 34.9. The van der Waals surface area contributed by atoms with Crippen molar-refractivity contribution in [3.8, 4) is 17.2 Å². The molecule has 0 saturated carbocycles. The summed E-state index contributed by atoms with van der Waals surface area (Å²) in [7, 11) is 0. The van der Waals surface area contributed by atoms with Gasteiger partial charge in [0.1, 0.15) is 22.8 Å². The summed E-state index contributed by atoms with van der Waals surface area (Å²) >= 11 is 0. The molecule has 246 valence electrons. The van der Waals surface area contributed by atoms with E-state index in [1.807, 2.05) is 26.0 Å². The van der Waals surface area contributed by atoms with E-state index in [1.54, 1.807) is 26.0 Å². The van der Waals surface area contributed by atoms with Crippen molar-refractivity contribution in [2.75, 3.05) is 0 Å². The average molecular weight is 643 g/mol. The minimum absolute atomic E-state index is 0.0479. The minimum atomic E-state index is -5.70. The Morgan fingerprint density at radius 2 is 0.848 bits per heavy atom. The minimum Gasteiger partial charge on any atom is -0.488 e. The van der Waals surface area contributed by atoms with Crippen molar-refractivity contribution in [1.82, 2.24) is 0 Å². The van der Waals surface area contributed by atoms with Crippen LogP contribution in [0.15, 0.2) is 97.1 Å². The van der Waals surface area contributed by atoms with Crippen LogP contribution in [-0.4, -0.2) is 18.0 Å². The Labute approximate surface area is 267 Å². The van der Waals surface area contributed by atoms with Gasteiger partial charge in [-0.3, -0.25) is 0 Å². The van der Waals surface area contributed by atoms with Crippen LogP contribution >= 0.6 is 0 Å². The lowest BCUT2D eigenvalue weighted by atomic mass is 9.73. The maximum absolute atomic E-state index is 14.7. The number of hydrogen-bond donors (Lipinski definition) is 0. The lowest BCUT2D eigenvalue weighted by Gasteiger charge is -2.38. The fourth-order valence-electron chi connectivity index (χ4n) is 5.12. The molecule has 0 heterocycles. The highest BCUT2D eigenvalue weighted by atomic mass is 19.4. The lowest BCUT2D eigenvalue weighted by Crippen LogP contribution is -2.54. The summed E-state index contributed by atoms with van der Waals surface area (Å²) in [6.07, 6.45) is -10.7. The number of alkyl halides is 6. The Morgan fingerprint density at radius 3 is 1.22 bits per heavy atom. The molecule has 0 saturated heterocycles. The van der Waals surface area contributed by atoms with E-state index in [9.17, 15) is 26.3 Å². The fraction of sp³-hybridized carbons (Fsp3) is 0.368. The quantitative estimate of drug-likeness (QED) is 0.169. The summed E-state index contributed by atoms with van der Waals surface area (Å²) in [6, 6.07) is 23.4. The Hall–Kier alpha value is -3.94. The van der Waals surface area contributed by atoms with Gasteiger partial charge in [0, 0.05) is 0 Å². The van der Waals surface area contributed by atoms with Gasteiger partial charge < -0.3 is 9.47 Å². The topological polar surface area (TPSA) is 18.5 Å². The van der Waals surface area contributed by atoms with E-state index in [2.05, 4.69) is 45.0 Å². The first-order valence-corrected chi connectivity index (χ1v) is 15.1. The molecule has 0 atom stereocenters. The predicted octanol–water partition coefficient (Wildman–Crippen LogP) is 11.6. The highest BCUT2D eigenvalue weighted by Gasteiger charge is 2.72. The first-order valence-electron chi connectivity index (χ1n) is 15.1. The van der Waals surface area contributed by atoms with Crippen LogP contribution in [0.2, 0.25) is 0 Å². The molecule has 0 aromatic heterocycles. The molecule has 0 amide bonds. The van der Waals surface area contributed by atoms with E-state index in [0.29, 0.717) is 12.2 Å². The van der Waals surface area contributed by atoms with Crippen LogP contribution in [0.3, 0.4) is 0 Å². The van der Waals surface area contributed by atoms with Gasteiger partial charge in [-0.15, -0.1) is 0 Å². The standard InChI is InChI=1S/C38H40F6O2/c1-25(2)35(6,7)46-33-22-16-30(17-23-33)36(37(39,40)41,38(42,43)44)29-14-20-32(21-15-29)45-31-18-10-27(11-19-31)24-26-8-12-28(13-9-26)34(3,4)5/h8-23,25H,24H2,1-7H3. The lowest BCUT2D eigenvalue weighted by molar-refractivity contribution is -0.288. The Bertz CT molecular complexity index is 1560. The van der Waals surface area contributed by atoms with Crippen LogP contribution in [0.25, 0.3) is 0 Å². The first-order chi connectivity index (χ1) is 21.2. The predicted molar refractivity (Wildman–Crippen MR) is 170 cm³/mol. The van der Waals surface area contributed by atoms with Crippen molar-refractivity contribution in [2.24, 2.45) is 5.92 Å². The molecule has 8 heteroatoms. The number of rotatable bonds is 9. The molecule has 0 spiro atoms. The maximum atomic E-state index is 14.7. The molecule has 0 aliphatic rings. The highest BCUT2D eigenvalue weighted by molar-refractivity contribution is 5.48. The zero-order valence-corrected chi connectivity index (χ0v) is 27.1. The van der Waals surface area contributed by atoms with Crippen molar-refractivity contribution in [3.63, 3.8) is 0 Å². The van der Waals surface area contributed by atoms with Gasteiger partial charge >= 0.3 is 12.4 Å². The van der Waals surface area contributed by atoms with Gasteiger partial charge in [0.15, 0.2) is 0 Å². The Morgan fingerprint density at radius 1 is 0.500 bits per heavy atom. The second kappa shape index (κ2) is 12.7. The van der Waals surface area contributed by atoms with E-state index in [0.717, 1.165) is 59.7 Å². The number of halogens is 6. The van der Waals surface area contributed by atoms with Crippen LogP contribution in [0.5, 0.6) is 17.2 Å². The van der Waals surface area contributed by atoms with E-state index >= 15 is 0 Å². The third-order valence-corrected chi connectivity index (χ3v) is 8.58. The normalized spacial score (nSPS) is 13.2. The van der Waals surface area contributed by atoms with Gasteiger partial charge in [-0.2, -0.15) is 26.3 Å². The monoisotopic (exact) mass is 642 g/mol. The van der Waals surface area contributed by atoms with Crippen LogP contribution in [-0.2, 0) is 17.3 Å². The Balaban J connectivity index is 1.57. The van der Waals surface area contributed by atoms with Crippen molar-refractivity contribution in [1.29, 1.82) is 0 Å². The van der Waals surface area contributed by atoms with Crippen LogP contribution in [0, 0.1) is 5.92 Å². The molecule has 0 unspecified atom stereocenters. The average Bonchev–Trinajstić information content (AvgIpc) is 2.94. The summed E-state index contributed by atoms with van der Waals surface area (Å²) < 4.78 is 99.5. The molecular formula is C38H40F6O2. The van der Waals surface area contributed by atoms with E-state index < -0.39 is 34.5 Å². The summed E-state index contributed by atoms with van der Waals surface area (Å²) in [6.45, 7) is 13.9. The largest absolute Gasteiger partial charge is 0.488 e. The summed E-state index contributed by atoms with van der Waals surface area (Å²) in [5, 5.41) is 0. The Kier molecular flexibility index (Phi) is 9.63. The van der Waals surface area contributed by atoms with Crippen molar-refractivity contribution < 1.29 is 35.8 Å². The molecule has 0 aliphatic carbocycles. The molecule has 2 nitrogen and oxygen atoms in total. The maximum Gasteiger partial charge on any atom is 0.411 e.